The molecule has 6 nitrogen and oxygen atoms in total. The summed E-state index contributed by atoms with van der Waals surface area (Å²) in [5.41, 5.74) is 0. The maximum Gasteiger partial charge on any atom is 0.149 e. The fourth-order valence-corrected chi connectivity index (χ4v) is 2.93. The van der Waals surface area contributed by atoms with Gasteiger partial charge >= 0.3 is 0 Å². The number of quaternary nitrogens is 1. The molecule has 0 aliphatic heterocycles. The van der Waals surface area contributed by atoms with Gasteiger partial charge in [-0.15, -0.1) is 0 Å². The fourth-order valence-electron chi connectivity index (χ4n) is 2.93. The molecule has 1 unspecified atom stereocenters. The Balaban J connectivity index is 0. The molecule has 174 valence electrons. The number of rotatable bonds is 18. The number of carboxylic acids is 1. The van der Waals surface area contributed by atoms with Crippen molar-refractivity contribution in [1.82, 2.24) is 0 Å². The van der Waals surface area contributed by atoms with E-state index >= 15 is 0 Å². The smallest absolute Gasteiger partial charge is 0.149 e. The van der Waals surface area contributed by atoms with Crippen molar-refractivity contribution in [3.63, 3.8) is 0 Å². The number of carbonyl (C=O) groups excluding carboxylic acids is 1. The van der Waals surface area contributed by atoms with Crippen LogP contribution in [0.4, 0.5) is 0 Å². The number of unbranched alkanes of at least 4 members (excludes halogenated alkanes) is 12. The predicted molar refractivity (Wildman–Crippen MR) is 115 cm³/mol. The predicted octanol–water partition coefficient (Wildman–Crippen LogP) is 4.76. The Morgan fingerprint density at radius 1 is 0.862 bits per heavy atom. The molecule has 0 aromatic carbocycles. The third kappa shape index (κ3) is 27.1. The largest absolute Gasteiger partial charge is 0.548 e. The Morgan fingerprint density at radius 3 is 1.62 bits per heavy atom. The van der Waals surface area contributed by atoms with Crippen molar-refractivity contribution in [1.29, 1.82) is 0 Å². The molecule has 0 bridgehead atoms. The third-order valence-electron chi connectivity index (χ3n) is 5.10. The summed E-state index contributed by atoms with van der Waals surface area (Å²) >= 11 is 0. The van der Waals surface area contributed by atoms with Gasteiger partial charge in [0.2, 0.25) is 0 Å². The van der Waals surface area contributed by atoms with Crippen LogP contribution in [0.5, 0.6) is 0 Å². The highest BCUT2D eigenvalue weighted by molar-refractivity contribution is 5.65. The van der Waals surface area contributed by atoms with E-state index in [9.17, 15) is 10.4 Å². The summed E-state index contributed by atoms with van der Waals surface area (Å²) in [6.07, 6.45) is 24.0. The zero-order valence-electron chi connectivity index (χ0n) is 19.2. The van der Waals surface area contributed by atoms with Crippen molar-refractivity contribution in [3.8, 4) is 0 Å². The minimum Gasteiger partial charge on any atom is -0.548 e. The van der Waals surface area contributed by atoms with E-state index in [1.165, 1.54) is 90.5 Å². The van der Waals surface area contributed by atoms with Gasteiger partial charge in [-0.25, -0.2) is 0 Å². The lowest BCUT2D eigenvalue weighted by molar-refractivity contribution is -1.25. The van der Waals surface area contributed by atoms with Crippen LogP contribution in [0, 0.1) is 0 Å². The SMILES string of the molecule is CCCCCCCC/C=C\CCCCCCCCC(C)[N+](C)(O)O.O=C([O-])CO. The number of hydrogen-bond acceptors (Lipinski definition) is 5. The van der Waals surface area contributed by atoms with Crippen LogP contribution in [-0.2, 0) is 4.79 Å². The van der Waals surface area contributed by atoms with Gasteiger partial charge in [0.15, 0.2) is 0 Å². The summed E-state index contributed by atoms with van der Waals surface area (Å²) in [6, 6.07) is -0.0956. The maximum absolute atomic E-state index is 9.40. The number of aliphatic hydroxyl groups excluding tert-OH is 1. The van der Waals surface area contributed by atoms with Crippen LogP contribution < -0.4 is 5.11 Å². The molecule has 0 aromatic heterocycles. The van der Waals surface area contributed by atoms with Crippen molar-refractivity contribution >= 4 is 5.97 Å². The minimum atomic E-state index is -1.44. The average molecular weight is 418 g/mol. The lowest BCUT2D eigenvalue weighted by Gasteiger charge is -2.23. The molecule has 6 heteroatoms. The highest BCUT2D eigenvalue weighted by Crippen LogP contribution is 2.14. The first-order chi connectivity index (χ1) is 13.8. The Bertz CT molecular complexity index is 380. The maximum atomic E-state index is 9.40. The molecule has 0 spiro atoms. The number of allylic oxidation sites excluding steroid dienone is 2. The number of hydroxylamine groups is 4. The molecule has 0 radical (unpaired) electrons. The average Bonchev–Trinajstić information content (AvgIpc) is 2.67. The van der Waals surface area contributed by atoms with Gasteiger partial charge in [-0.05, 0) is 43.8 Å². The minimum absolute atomic E-state index is 0.0956. The van der Waals surface area contributed by atoms with Crippen LogP contribution in [0.1, 0.15) is 110 Å². The Kier molecular flexibility index (Phi) is 22.7. The van der Waals surface area contributed by atoms with Crippen LogP contribution >= 0.6 is 0 Å². The van der Waals surface area contributed by atoms with Crippen LogP contribution in [0.25, 0.3) is 0 Å². The molecular weight excluding hydrogens is 370 g/mol. The molecule has 29 heavy (non-hydrogen) atoms. The van der Waals surface area contributed by atoms with Gasteiger partial charge in [0.25, 0.3) is 0 Å². The zero-order chi connectivity index (χ0) is 22.4. The van der Waals surface area contributed by atoms with E-state index in [1.807, 2.05) is 6.92 Å². The lowest BCUT2D eigenvalue weighted by Crippen LogP contribution is -2.44. The van der Waals surface area contributed by atoms with E-state index < -0.39 is 17.4 Å². The molecule has 0 amide bonds. The van der Waals surface area contributed by atoms with E-state index in [0.717, 1.165) is 12.8 Å². The van der Waals surface area contributed by atoms with Crippen molar-refractivity contribution in [2.45, 2.75) is 116 Å². The van der Waals surface area contributed by atoms with E-state index in [2.05, 4.69) is 19.1 Å². The summed E-state index contributed by atoms with van der Waals surface area (Å²) in [5.74, 6) is -1.44. The van der Waals surface area contributed by atoms with Gasteiger partial charge < -0.3 is 15.0 Å². The van der Waals surface area contributed by atoms with E-state index in [-0.39, 0.29) is 6.04 Å². The Hall–Kier alpha value is -0.950. The highest BCUT2D eigenvalue weighted by Gasteiger charge is 2.24. The summed E-state index contributed by atoms with van der Waals surface area (Å²) < 4.78 is 0. The summed E-state index contributed by atoms with van der Waals surface area (Å²) in [7, 11) is 1.42. The van der Waals surface area contributed by atoms with Gasteiger partial charge in [-0.2, -0.15) is 10.4 Å². The first-order valence-electron chi connectivity index (χ1n) is 11.5. The van der Waals surface area contributed by atoms with Gasteiger partial charge in [0, 0.05) is 6.42 Å². The first-order valence-corrected chi connectivity index (χ1v) is 11.5. The topological polar surface area (TPSA) is 101 Å². The van der Waals surface area contributed by atoms with Gasteiger partial charge in [0.1, 0.15) is 13.1 Å². The molecular formula is C23H47NO5. The number of aliphatic carboxylic acids is 1. The molecule has 0 aliphatic carbocycles. The quantitative estimate of drug-likeness (QED) is 0.129. The van der Waals surface area contributed by atoms with E-state index in [0.29, 0.717) is 0 Å². The van der Waals surface area contributed by atoms with Crippen LogP contribution in [0.2, 0.25) is 0 Å². The van der Waals surface area contributed by atoms with Gasteiger partial charge in [0.05, 0.1) is 12.6 Å². The molecule has 0 fully saturated rings. The molecule has 0 aliphatic rings. The van der Waals surface area contributed by atoms with Crippen LogP contribution in [0.15, 0.2) is 12.2 Å². The summed E-state index contributed by atoms with van der Waals surface area (Å²) in [6.45, 7) is 3.27. The standard InChI is InChI=1S/C21H44NO2.C2H4O3/c1-4-5-6-7-8-9-10-11-12-13-14-15-16-17-18-19-20-21(2)22(3,23)24;3-1-2(4)5/h11-12,21,23-24H,4-10,13-20H2,1-3H3;3H,1H2,(H,4,5)/q+1;/p-1/b12-11-;. The molecule has 0 aromatic rings. The monoisotopic (exact) mass is 417 g/mol. The highest BCUT2D eigenvalue weighted by atomic mass is 16.8. The first kappa shape index (κ1) is 30.2. The second-order valence-corrected chi connectivity index (χ2v) is 8.08. The molecule has 3 N–H and O–H groups in total. The Morgan fingerprint density at radius 2 is 1.24 bits per heavy atom. The Labute approximate surface area is 178 Å². The summed E-state index contributed by atoms with van der Waals surface area (Å²) in [5, 5.41) is 35.3. The second-order valence-electron chi connectivity index (χ2n) is 8.08. The van der Waals surface area contributed by atoms with Crippen molar-refractivity contribution < 1.29 is 30.2 Å². The summed E-state index contributed by atoms with van der Waals surface area (Å²) in [4.78, 5) is 8.11. The number of carboxylic acid groups (broad SMARTS) is 1. The molecule has 0 heterocycles. The van der Waals surface area contributed by atoms with Crippen molar-refractivity contribution in [3.05, 3.63) is 12.2 Å². The van der Waals surface area contributed by atoms with Crippen LogP contribution in [0.3, 0.4) is 0 Å². The van der Waals surface area contributed by atoms with Crippen LogP contribution in [-0.4, -0.2) is 46.0 Å². The molecule has 0 rings (SSSR count). The normalized spacial score (nSPS) is 12.6. The number of hydrogen-bond donors (Lipinski definition) is 3. The number of nitrogens with zero attached hydrogens (tertiary/aromatic N) is 1. The van der Waals surface area contributed by atoms with Crippen molar-refractivity contribution in [2.24, 2.45) is 0 Å². The molecule has 0 saturated heterocycles. The fraction of sp³-hybridized carbons (Fsp3) is 0.870. The second kappa shape index (κ2) is 21.8. The number of aliphatic hydroxyl groups is 1. The number of carbonyl (C=O) groups is 1. The zero-order valence-corrected chi connectivity index (χ0v) is 19.2. The van der Waals surface area contributed by atoms with Gasteiger partial charge in [-0.1, -0.05) is 76.9 Å². The third-order valence-corrected chi connectivity index (χ3v) is 5.10. The van der Waals surface area contributed by atoms with Gasteiger partial charge in [-0.3, -0.25) is 0 Å². The lowest BCUT2D eigenvalue weighted by atomic mass is 10.1. The van der Waals surface area contributed by atoms with E-state index in [4.69, 9.17) is 15.0 Å². The molecule has 1 atom stereocenters. The van der Waals surface area contributed by atoms with E-state index in [1.54, 1.807) is 0 Å². The van der Waals surface area contributed by atoms with Crippen molar-refractivity contribution in [2.75, 3.05) is 13.7 Å². The molecule has 0 saturated carbocycles.